The van der Waals surface area contributed by atoms with E-state index in [1.54, 1.807) is 18.6 Å². The van der Waals surface area contributed by atoms with Gasteiger partial charge in [-0.25, -0.2) is 15.0 Å². The second-order valence-corrected chi connectivity index (χ2v) is 6.91. The van der Waals surface area contributed by atoms with Crippen LogP contribution in [-0.4, -0.2) is 42.3 Å². The number of fused-ring (bicyclic) bond motifs is 2. The Hall–Kier alpha value is -3.62. The molecule has 28 heavy (non-hydrogen) atoms. The highest BCUT2D eigenvalue weighted by Gasteiger charge is 2.15. The Kier molecular flexibility index (Phi) is 3.85. The van der Waals surface area contributed by atoms with E-state index in [1.807, 2.05) is 33.7 Å². The molecular weight excluding hydrogens is 356 g/mol. The van der Waals surface area contributed by atoms with E-state index in [4.69, 9.17) is 9.72 Å². The van der Waals surface area contributed by atoms with Gasteiger partial charge in [0.25, 0.3) is 0 Å². The monoisotopic (exact) mass is 376 g/mol. The number of aromatic nitrogens is 6. The minimum atomic E-state index is 0.289. The van der Waals surface area contributed by atoms with E-state index in [2.05, 4.69) is 39.5 Å². The van der Waals surface area contributed by atoms with E-state index in [9.17, 15) is 0 Å². The first-order valence-corrected chi connectivity index (χ1v) is 9.19. The molecule has 0 radical (unpaired) electrons. The summed E-state index contributed by atoms with van der Waals surface area (Å²) in [5, 5.41) is 11.0. The molecule has 0 aliphatic carbocycles. The molecule has 142 valence electrons. The summed E-state index contributed by atoms with van der Waals surface area (Å²) < 4.78 is 9.41. The van der Waals surface area contributed by atoms with Gasteiger partial charge in [-0.1, -0.05) is 0 Å². The lowest BCUT2D eigenvalue weighted by molar-refractivity contribution is 0.310. The molecule has 4 aromatic rings. The smallest absolute Gasteiger partial charge is 0.237 e. The van der Waals surface area contributed by atoms with E-state index in [0.29, 0.717) is 18.3 Å². The van der Waals surface area contributed by atoms with E-state index in [1.165, 1.54) is 0 Å². The molecule has 5 rings (SSSR count). The number of ether oxygens (including phenoxy) is 1. The molecule has 9 nitrogen and oxygen atoms in total. The molecule has 1 aliphatic rings. The summed E-state index contributed by atoms with van der Waals surface area (Å²) in [6.07, 6.45) is 11.1. The number of hydrogen-bond acceptors (Lipinski definition) is 7. The Morgan fingerprint density at radius 3 is 3.00 bits per heavy atom. The summed E-state index contributed by atoms with van der Waals surface area (Å²) in [5.41, 5.74) is 4.17. The van der Waals surface area contributed by atoms with Crippen molar-refractivity contribution in [2.75, 3.05) is 23.8 Å². The summed E-state index contributed by atoms with van der Waals surface area (Å²) in [4.78, 5) is 13.6. The van der Waals surface area contributed by atoms with Gasteiger partial charge >= 0.3 is 0 Å². The van der Waals surface area contributed by atoms with E-state index in [-0.39, 0.29) is 6.04 Å². The molecule has 0 bridgehead atoms. The fourth-order valence-electron chi connectivity index (χ4n) is 3.14. The van der Waals surface area contributed by atoms with Crippen LogP contribution in [0, 0.1) is 0 Å². The van der Waals surface area contributed by atoms with Gasteiger partial charge in [0.05, 0.1) is 23.3 Å². The van der Waals surface area contributed by atoms with Crippen molar-refractivity contribution in [3.05, 3.63) is 43.2 Å². The maximum atomic E-state index is 5.57. The Balaban J connectivity index is 1.55. The third kappa shape index (κ3) is 2.90. The van der Waals surface area contributed by atoms with Crippen molar-refractivity contribution in [2.45, 2.75) is 19.9 Å². The molecule has 0 spiro atoms. The predicted octanol–water partition coefficient (Wildman–Crippen LogP) is 3.12. The largest absolute Gasteiger partial charge is 0.474 e. The quantitative estimate of drug-likeness (QED) is 0.565. The van der Waals surface area contributed by atoms with Crippen LogP contribution >= 0.6 is 0 Å². The molecule has 0 saturated heterocycles. The number of rotatable bonds is 4. The molecule has 0 aromatic carbocycles. The second kappa shape index (κ2) is 6.52. The highest BCUT2D eigenvalue weighted by Crippen LogP contribution is 2.30. The lowest BCUT2D eigenvalue weighted by Crippen LogP contribution is -2.18. The van der Waals surface area contributed by atoms with Crippen LogP contribution in [0.1, 0.15) is 19.9 Å². The van der Waals surface area contributed by atoms with Crippen LogP contribution in [0.15, 0.2) is 43.2 Å². The van der Waals surface area contributed by atoms with Gasteiger partial charge in [-0.2, -0.15) is 5.10 Å². The van der Waals surface area contributed by atoms with Gasteiger partial charge in [-0.3, -0.25) is 4.68 Å². The molecule has 0 fully saturated rings. The van der Waals surface area contributed by atoms with Gasteiger partial charge in [0.2, 0.25) is 5.88 Å². The van der Waals surface area contributed by atoms with E-state index < -0.39 is 0 Å². The summed E-state index contributed by atoms with van der Waals surface area (Å²) in [6.45, 7) is 5.56. The topological polar surface area (TPSA) is 94.2 Å². The van der Waals surface area contributed by atoms with Gasteiger partial charge in [0.1, 0.15) is 6.61 Å². The Morgan fingerprint density at radius 1 is 1.21 bits per heavy atom. The van der Waals surface area contributed by atoms with Crippen molar-refractivity contribution in [1.82, 2.24) is 29.1 Å². The number of anilines is 3. The van der Waals surface area contributed by atoms with Crippen molar-refractivity contribution in [2.24, 2.45) is 0 Å². The lowest BCUT2D eigenvalue weighted by atomic mass is 10.2. The first-order valence-electron chi connectivity index (χ1n) is 9.19. The minimum absolute atomic E-state index is 0.289. The van der Waals surface area contributed by atoms with Crippen molar-refractivity contribution >= 4 is 22.8 Å². The average molecular weight is 376 g/mol. The van der Waals surface area contributed by atoms with Gasteiger partial charge in [0.15, 0.2) is 11.5 Å². The molecular formula is C19H20N8O. The number of nitrogens with zero attached hydrogens (tertiary/aromatic N) is 6. The van der Waals surface area contributed by atoms with Crippen LogP contribution in [0.3, 0.4) is 0 Å². The molecule has 2 N–H and O–H groups in total. The summed E-state index contributed by atoms with van der Waals surface area (Å²) in [7, 11) is 0. The summed E-state index contributed by atoms with van der Waals surface area (Å²) in [5.74, 6) is 1.28. The zero-order valence-corrected chi connectivity index (χ0v) is 15.6. The van der Waals surface area contributed by atoms with E-state index in [0.717, 1.165) is 34.8 Å². The van der Waals surface area contributed by atoms with Crippen molar-refractivity contribution < 1.29 is 4.74 Å². The minimum Gasteiger partial charge on any atom is -0.474 e. The fourth-order valence-corrected chi connectivity index (χ4v) is 3.14. The normalized spacial score (nSPS) is 13.2. The molecule has 9 heteroatoms. The van der Waals surface area contributed by atoms with Crippen LogP contribution in [0.4, 0.5) is 17.2 Å². The number of hydrogen-bond donors (Lipinski definition) is 2. The third-order valence-electron chi connectivity index (χ3n) is 4.57. The number of imidazole rings is 1. The third-order valence-corrected chi connectivity index (χ3v) is 4.57. The SMILES string of the molecule is CC(C)n1cc(Nc2nc(-c3cnc4c(c3)NCCO4)cn3ccnc23)cn1. The average Bonchev–Trinajstić information content (AvgIpc) is 3.37. The Morgan fingerprint density at radius 2 is 2.14 bits per heavy atom. The first-order chi connectivity index (χ1) is 13.7. The van der Waals surface area contributed by atoms with Crippen molar-refractivity contribution in [1.29, 1.82) is 0 Å². The number of nitrogens with one attached hydrogen (secondary N) is 2. The molecule has 4 aromatic heterocycles. The molecule has 1 aliphatic heterocycles. The predicted molar refractivity (Wildman–Crippen MR) is 106 cm³/mol. The first kappa shape index (κ1) is 16.5. The Bertz CT molecular complexity index is 1150. The summed E-state index contributed by atoms with van der Waals surface area (Å²) >= 11 is 0. The molecule has 0 amide bonds. The zero-order chi connectivity index (χ0) is 19.1. The van der Waals surface area contributed by atoms with Crippen molar-refractivity contribution in [3.8, 4) is 17.1 Å². The molecule has 0 unspecified atom stereocenters. The summed E-state index contributed by atoms with van der Waals surface area (Å²) in [6, 6.07) is 2.30. The van der Waals surface area contributed by atoms with Gasteiger partial charge < -0.3 is 19.8 Å². The van der Waals surface area contributed by atoms with Crippen LogP contribution in [0.2, 0.25) is 0 Å². The van der Waals surface area contributed by atoms with Gasteiger partial charge in [-0.15, -0.1) is 0 Å². The molecule has 0 atom stereocenters. The van der Waals surface area contributed by atoms with E-state index >= 15 is 0 Å². The van der Waals surface area contributed by atoms with Gasteiger partial charge in [0, 0.05) is 49.1 Å². The zero-order valence-electron chi connectivity index (χ0n) is 15.6. The van der Waals surface area contributed by atoms with Crippen LogP contribution < -0.4 is 15.4 Å². The van der Waals surface area contributed by atoms with Crippen LogP contribution in [0.5, 0.6) is 5.88 Å². The molecule has 0 saturated carbocycles. The van der Waals surface area contributed by atoms with Crippen LogP contribution in [0.25, 0.3) is 16.9 Å². The number of pyridine rings is 1. The van der Waals surface area contributed by atoms with Crippen molar-refractivity contribution in [3.63, 3.8) is 0 Å². The molecule has 5 heterocycles. The Labute approximate surface area is 161 Å². The maximum Gasteiger partial charge on any atom is 0.237 e. The van der Waals surface area contributed by atoms with Gasteiger partial charge in [-0.05, 0) is 19.9 Å². The highest BCUT2D eigenvalue weighted by molar-refractivity contribution is 5.74. The fraction of sp³-hybridized carbons (Fsp3) is 0.263. The van der Waals surface area contributed by atoms with Crippen LogP contribution in [-0.2, 0) is 0 Å². The lowest BCUT2D eigenvalue weighted by Gasteiger charge is -2.18. The standard InChI is InChI=1S/C19H20N8O/c1-12(2)27-10-14(9-23-27)24-17-18-21-3-5-26(18)11-16(25-17)13-7-15-19(22-8-13)28-6-4-20-15/h3,5,7-12,20H,4,6H2,1-2H3,(H,24,25). The maximum absolute atomic E-state index is 5.57. The second-order valence-electron chi connectivity index (χ2n) is 6.91. The highest BCUT2D eigenvalue weighted by atomic mass is 16.5.